The van der Waals surface area contributed by atoms with Crippen molar-refractivity contribution in [3.8, 4) is 0 Å². The summed E-state index contributed by atoms with van der Waals surface area (Å²) in [5.74, 6) is 0.0363. The van der Waals surface area contributed by atoms with Gasteiger partial charge in [0.1, 0.15) is 0 Å². The summed E-state index contributed by atoms with van der Waals surface area (Å²) in [6.45, 7) is 5.72. The van der Waals surface area contributed by atoms with E-state index in [1.165, 1.54) is 0 Å². The quantitative estimate of drug-likeness (QED) is 0.850. The van der Waals surface area contributed by atoms with E-state index in [-0.39, 0.29) is 11.8 Å². The Morgan fingerprint density at radius 1 is 1.17 bits per heavy atom. The highest BCUT2D eigenvalue weighted by Gasteiger charge is 2.12. The number of nitrogens with one attached hydrogen (secondary N) is 1. The van der Waals surface area contributed by atoms with Crippen molar-refractivity contribution in [3.63, 3.8) is 0 Å². The summed E-state index contributed by atoms with van der Waals surface area (Å²) < 4.78 is 2.03. The number of fused-ring (bicyclic) bond motifs is 1. The maximum Gasteiger partial charge on any atom is 0.224 e. The molecule has 0 bridgehead atoms. The number of hydrogen-bond acceptors (Lipinski definition) is 2. The summed E-state index contributed by atoms with van der Waals surface area (Å²) in [6.07, 6.45) is 2.68. The zero-order valence-electron chi connectivity index (χ0n) is 14.1. The maximum atomic E-state index is 12.1. The average Bonchev–Trinajstić information content (AvgIpc) is 2.85. The fraction of sp³-hybridized carbons (Fsp3) is 0.444. The Balaban J connectivity index is 1.88. The smallest absolute Gasteiger partial charge is 0.224 e. The van der Waals surface area contributed by atoms with Crippen LogP contribution in [0.1, 0.15) is 25.8 Å². The van der Waals surface area contributed by atoms with Gasteiger partial charge in [-0.3, -0.25) is 9.59 Å². The van der Waals surface area contributed by atoms with Gasteiger partial charge in [-0.2, -0.15) is 0 Å². The first kappa shape index (κ1) is 17.1. The third-order valence-electron chi connectivity index (χ3n) is 4.11. The van der Waals surface area contributed by atoms with Gasteiger partial charge in [-0.15, -0.1) is 0 Å². The van der Waals surface area contributed by atoms with Gasteiger partial charge in [0, 0.05) is 50.2 Å². The molecule has 1 aromatic carbocycles. The molecule has 0 fully saturated rings. The standard InChI is InChI=1S/C18H25N3O2/c1-4-21(5-2)18(23)10-11-19-17(22)12-14-13-20(3)16-9-7-6-8-15(14)16/h6-9,13H,4-5,10-12H2,1-3H3,(H,19,22). The van der Waals surface area contributed by atoms with E-state index in [4.69, 9.17) is 0 Å². The van der Waals surface area contributed by atoms with E-state index in [0.717, 1.165) is 16.5 Å². The molecule has 0 spiro atoms. The van der Waals surface area contributed by atoms with Gasteiger partial charge in [-0.1, -0.05) is 18.2 Å². The second-order valence-electron chi connectivity index (χ2n) is 5.63. The molecule has 23 heavy (non-hydrogen) atoms. The number of rotatable bonds is 7. The van der Waals surface area contributed by atoms with Crippen LogP contribution in [-0.2, 0) is 23.1 Å². The predicted octanol–water partition coefficient (Wildman–Crippen LogP) is 2.10. The van der Waals surface area contributed by atoms with Crippen LogP contribution in [0.25, 0.3) is 10.9 Å². The van der Waals surface area contributed by atoms with Crippen molar-refractivity contribution in [3.05, 3.63) is 36.0 Å². The molecule has 0 atom stereocenters. The van der Waals surface area contributed by atoms with Gasteiger partial charge < -0.3 is 14.8 Å². The highest BCUT2D eigenvalue weighted by Crippen LogP contribution is 2.20. The lowest BCUT2D eigenvalue weighted by Gasteiger charge is -2.18. The third-order valence-corrected chi connectivity index (χ3v) is 4.11. The highest BCUT2D eigenvalue weighted by atomic mass is 16.2. The lowest BCUT2D eigenvalue weighted by molar-refractivity contribution is -0.130. The van der Waals surface area contributed by atoms with Crippen molar-refractivity contribution < 1.29 is 9.59 Å². The monoisotopic (exact) mass is 315 g/mol. The minimum atomic E-state index is -0.0475. The molecule has 1 aromatic heterocycles. The second kappa shape index (κ2) is 7.81. The van der Waals surface area contributed by atoms with Crippen molar-refractivity contribution in [1.82, 2.24) is 14.8 Å². The number of aromatic nitrogens is 1. The molecule has 2 amide bonds. The fourth-order valence-electron chi connectivity index (χ4n) is 2.85. The Hall–Kier alpha value is -2.30. The molecule has 5 nitrogen and oxygen atoms in total. The zero-order chi connectivity index (χ0) is 16.8. The summed E-state index contributed by atoms with van der Waals surface area (Å²) in [7, 11) is 1.98. The number of carbonyl (C=O) groups excluding carboxylic acids is 2. The molecule has 0 aliphatic rings. The predicted molar refractivity (Wildman–Crippen MR) is 92.2 cm³/mol. The van der Waals surface area contributed by atoms with Crippen molar-refractivity contribution in [2.24, 2.45) is 7.05 Å². The Bertz CT molecular complexity index is 687. The van der Waals surface area contributed by atoms with E-state index >= 15 is 0 Å². The van der Waals surface area contributed by atoms with Crippen molar-refractivity contribution in [2.45, 2.75) is 26.7 Å². The van der Waals surface area contributed by atoms with Crippen LogP contribution in [0.4, 0.5) is 0 Å². The number of carbonyl (C=O) groups is 2. The van der Waals surface area contributed by atoms with Gasteiger partial charge in [-0.05, 0) is 25.5 Å². The van der Waals surface area contributed by atoms with Crippen LogP contribution in [0.15, 0.2) is 30.5 Å². The van der Waals surface area contributed by atoms with Crippen molar-refractivity contribution in [1.29, 1.82) is 0 Å². The highest BCUT2D eigenvalue weighted by molar-refractivity contribution is 5.89. The lowest BCUT2D eigenvalue weighted by Crippen LogP contribution is -2.34. The van der Waals surface area contributed by atoms with E-state index in [1.807, 2.05) is 55.9 Å². The molecule has 1 heterocycles. The summed E-state index contributed by atoms with van der Waals surface area (Å²) in [5, 5.41) is 3.94. The first-order valence-corrected chi connectivity index (χ1v) is 8.14. The molecule has 0 aliphatic heterocycles. The third kappa shape index (κ3) is 4.12. The summed E-state index contributed by atoms with van der Waals surface area (Å²) >= 11 is 0. The molecule has 2 rings (SSSR count). The van der Waals surface area contributed by atoms with Crippen LogP contribution in [0.3, 0.4) is 0 Å². The number of aryl methyl sites for hydroxylation is 1. The molecule has 1 N–H and O–H groups in total. The van der Waals surface area contributed by atoms with Gasteiger partial charge in [-0.25, -0.2) is 0 Å². The molecule has 5 heteroatoms. The summed E-state index contributed by atoms with van der Waals surface area (Å²) in [5.41, 5.74) is 2.13. The fourth-order valence-corrected chi connectivity index (χ4v) is 2.85. The molecule has 2 aromatic rings. The number of amides is 2. The van der Waals surface area contributed by atoms with Gasteiger partial charge in [0.2, 0.25) is 11.8 Å². The van der Waals surface area contributed by atoms with Crippen LogP contribution in [0, 0.1) is 0 Å². The Labute approximate surface area is 137 Å². The summed E-state index contributed by atoms with van der Waals surface area (Å²) in [4.78, 5) is 25.8. The Morgan fingerprint density at radius 3 is 2.57 bits per heavy atom. The Kier molecular flexibility index (Phi) is 5.79. The minimum absolute atomic E-state index is 0.0475. The van der Waals surface area contributed by atoms with Crippen LogP contribution in [0.5, 0.6) is 0 Å². The second-order valence-corrected chi connectivity index (χ2v) is 5.63. The largest absolute Gasteiger partial charge is 0.355 e. The first-order chi connectivity index (χ1) is 11.1. The number of benzene rings is 1. The SMILES string of the molecule is CCN(CC)C(=O)CCNC(=O)Cc1cn(C)c2ccccc12. The van der Waals surface area contributed by atoms with E-state index in [0.29, 0.717) is 32.5 Å². The van der Waals surface area contributed by atoms with Gasteiger partial charge in [0.25, 0.3) is 0 Å². The first-order valence-electron chi connectivity index (χ1n) is 8.14. The summed E-state index contributed by atoms with van der Waals surface area (Å²) in [6, 6.07) is 8.04. The number of hydrogen-bond donors (Lipinski definition) is 1. The molecule has 0 radical (unpaired) electrons. The molecule has 124 valence electrons. The van der Waals surface area contributed by atoms with E-state index < -0.39 is 0 Å². The number of nitrogens with zero attached hydrogens (tertiary/aromatic N) is 2. The van der Waals surface area contributed by atoms with Crippen molar-refractivity contribution in [2.75, 3.05) is 19.6 Å². The topological polar surface area (TPSA) is 54.3 Å². The molecular formula is C18H25N3O2. The van der Waals surface area contributed by atoms with Gasteiger partial charge in [0.15, 0.2) is 0 Å². The molecule has 0 saturated carbocycles. The average molecular weight is 315 g/mol. The van der Waals surface area contributed by atoms with Crippen LogP contribution >= 0.6 is 0 Å². The normalized spacial score (nSPS) is 10.7. The van der Waals surface area contributed by atoms with Crippen LogP contribution in [0.2, 0.25) is 0 Å². The van der Waals surface area contributed by atoms with Gasteiger partial charge >= 0.3 is 0 Å². The van der Waals surface area contributed by atoms with E-state index in [9.17, 15) is 9.59 Å². The lowest BCUT2D eigenvalue weighted by atomic mass is 10.1. The minimum Gasteiger partial charge on any atom is -0.355 e. The zero-order valence-corrected chi connectivity index (χ0v) is 14.1. The molecule has 0 unspecified atom stereocenters. The Morgan fingerprint density at radius 2 is 1.87 bits per heavy atom. The van der Waals surface area contributed by atoms with Gasteiger partial charge in [0.05, 0.1) is 6.42 Å². The van der Waals surface area contributed by atoms with Crippen molar-refractivity contribution >= 4 is 22.7 Å². The maximum absolute atomic E-state index is 12.1. The molecule has 0 aliphatic carbocycles. The van der Waals surface area contributed by atoms with Crippen LogP contribution < -0.4 is 5.32 Å². The molecule has 0 saturated heterocycles. The van der Waals surface area contributed by atoms with Crippen LogP contribution in [-0.4, -0.2) is 40.9 Å². The molecular weight excluding hydrogens is 290 g/mol. The van der Waals surface area contributed by atoms with E-state index in [2.05, 4.69) is 5.32 Å². The van der Waals surface area contributed by atoms with E-state index in [1.54, 1.807) is 4.90 Å². The number of para-hydroxylation sites is 1.